The summed E-state index contributed by atoms with van der Waals surface area (Å²) in [5.41, 5.74) is 6.64. The van der Waals surface area contributed by atoms with E-state index in [1.165, 1.54) is 20.0 Å². The van der Waals surface area contributed by atoms with Crippen molar-refractivity contribution in [3.8, 4) is 12.0 Å². The Balaban J connectivity index is 1.98. The summed E-state index contributed by atoms with van der Waals surface area (Å²) in [5, 5.41) is 4.41. The first-order valence-corrected chi connectivity index (χ1v) is 5.38. The first kappa shape index (κ1) is 10.0. The van der Waals surface area contributed by atoms with Gasteiger partial charge in [-0.05, 0) is 18.9 Å². The molecule has 1 aliphatic rings. The summed E-state index contributed by atoms with van der Waals surface area (Å²) >= 11 is 0. The molecule has 0 spiro atoms. The van der Waals surface area contributed by atoms with Crippen molar-refractivity contribution in [1.82, 2.24) is 24.7 Å². The summed E-state index contributed by atoms with van der Waals surface area (Å²) in [6, 6.07) is 2.17. The van der Waals surface area contributed by atoms with Crippen LogP contribution >= 0.6 is 0 Å². The van der Waals surface area contributed by atoms with Crippen molar-refractivity contribution in [2.24, 2.45) is 0 Å². The van der Waals surface area contributed by atoms with Crippen LogP contribution in [-0.4, -0.2) is 31.8 Å². The van der Waals surface area contributed by atoms with Gasteiger partial charge in [-0.25, -0.2) is 4.68 Å². The number of nitrogens with zero attached hydrogens (tertiary/aromatic N) is 5. The lowest BCUT2D eigenvalue weighted by molar-refractivity contribution is 0.377. The van der Waals surface area contributed by atoms with Crippen LogP contribution in [0.25, 0.3) is 5.95 Å². The quantitative estimate of drug-likeness (QED) is 0.829. The van der Waals surface area contributed by atoms with Gasteiger partial charge in [0.15, 0.2) is 0 Å². The highest BCUT2D eigenvalue weighted by molar-refractivity contribution is 5.25. The third kappa shape index (κ3) is 1.91. The number of nitrogens with two attached hydrogens (primary N) is 1. The summed E-state index contributed by atoms with van der Waals surface area (Å²) in [6.45, 7) is 0. The van der Waals surface area contributed by atoms with E-state index in [2.05, 4.69) is 20.1 Å². The molecule has 0 amide bonds. The molecule has 0 atom stereocenters. The molecule has 2 N–H and O–H groups in total. The molecular weight excluding hydrogens is 220 g/mol. The Morgan fingerprint density at radius 3 is 2.88 bits per heavy atom. The van der Waals surface area contributed by atoms with E-state index in [0.29, 0.717) is 11.9 Å². The van der Waals surface area contributed by atoms with Crippen LogP contribution in [-0.2, 0) is 0 Å². The van der Waals surface area contributed by atoms with Gasteiger partial charge < -0.3 is 10.5 Å². The first-order chi connectivity index (χ1) is 8.26. The maximum Gasteiger partial charge on any atom is 0.322 e. The van der Waals surface area contributed by atoms with Gasteiger partial charge in [-0.1, -0.05) is 0 Å². The zero-order chi connectivity index (χ0) is 11.8. The normalized spacial score (nSPS) is 14.9. The van der Waals surface area contributed by atoms with Gasteiger partial charge in [-0.3, -0.25) is 0 Å². The lowest BCUT2D eigenvalue weighted by atomic mass is 10.3. The van der Waals surface area contributed by atoms with Crippen molar-refractivity contribution in [1.29, 1.82) is 0 Å². The van der Waals surface area contributed by atoms with Gasteiger partial charge in [0.25, 0.3) is 5.95 Å². The SMILES string of the molecule is COc1nc(N)nc(-n2ccc(C3CC3)n2)n1. The molecule has 0 aliphatic heterocycles. The molecule has 2 aromatic heterocycles. The topological polar surface area (TPSA) is 91.7 Å². The summed E-state index contributed by atoms with van der Waals surface area (Å²) in [4.78, 5) is 11.9. The van der Waals surface area contributed by atoms with E-state index < -0.39 is 0 Å². The molecule has 7 heteroatoms. The largest absolute Gasteiger partial charge is 0.467 e. The van der Waals surface area contributed by atoms with Gasteiger partial charge in [0.05, 0.1) is 12.8 Å². The van der Waals surface area contributed by atoms with Gasteiger partial charge in [0.2, 0.25) is 5.95 Å². The highest BCUT2D eigenvalue weighted by atomic mass is 16.5. The number of nitrogen functional groups attached to an aromatic ring is 1. The van der Waals surface area contributed by atoms with Crippen molar-refractivity contribution in [3.63, 3.8) is 0 Å². The molecule has 3 rings (SSSR count). The molecule has 0 saturated heterocycles. The summed E-state index contributed by atoms with van der Waals surface area (Å²) in [5.74, 6) is 1.09. The van der Waals surface area contributed by atoms with Gasteiger partial charge in [0, 0.05) is 12.1 Å². The summed E-state index contributed by atoms with van der Waals surface area (Å²) < 4.78 is 6.53. The second-order valence-corrected chi connectivity index (χ2v) is 3.94. The van der Waals surface area contributed by atoms with Crippen LogP contribution in [0.4, 0.5) is 5.95 Å². The molecule has 7 nitrogen and oxygen atoms in total. The third-order valence-corrected chi connectivity index (χ3v) is 2.61. The molecule has 0 aromatic carbocycles. The van der Waals surface area contributed by atoms with E-state index in [-0.39, 0.29) is 12.0 Å². The fraction of sp³-hybridized carbons (Fsp3) is 0.400. The lowest BCUT2D eigenvalue weighted by Gasteiger charge is -2.02. The standard InChI is InChI=1S/C10H12N6O/c1-17-10-13-8(11)12-9(14-10)16-5-4-7(15-16)6-2-3-6/h4-6H,2-3H2,1H3,(H2,11,12,13,14). The second-order valence-electron chi connectivity index (χ2n) is 3.94. The number of methoxy groups -OCH3 is 1. The van der Waals surface area contributed by atoms with Gasteiger partial charge in [-0.15, -0.1) is 0 Å². The highest BCUT2D eigenvalue weighted by Gasteiger charge is 2.26. The fourth-order valence-corrected chi connectivity index (χ4v) is 1.60. The molecule has 2 heterocycles. The predicted octanol–water partition coefficient (Wildman–Crippen LogP) is 0.525. The van der Waals surface area contributed by atoms with Crippen LogP contribution < -0.4 is 10.5 Å². The first-order valence-electron chi connectivity index (χ1n) is 5.38. The molecular formula is C10H12N6O. The van der Waals surface area contributed by atoms with E-state index in [1.807, 2.05) is 12.3 Å². The zero-order valence-corrected chi connectivity index (χ0v) is 9.37. The maximum atomic E-state index is 5.57. The fourth-order valence-electron chi connectivity index (χ4n) is 1.60. The maximum absolute atomic E-state index is 5.57. The second kappa shape index (κ2) is 3.69. The number of rotatable bonds is 3. The van der Waals surface area contributed by atoms with Crippen molar-refractivity contribution in [2.75, 3.05) is 12.8 Å². The summed E-state index contributed by atoms with van der Waals surface area (Å²) in [6.07, 6.45) is 4.24. The zero-order valence-electron chi connectivity index (χ0n) is 9.37. The van der Waals surface area contributed by atoms with E-state index in [9.17, 15) is 0 Å². The molecule has 17 heavy (non-hydrogen) atoms. The smallest absolute Gasteiger partial charge is 0.322 e. The van der Waals surface area contributed by atoms with Crippen LogP contribution in [0.5, 0.6) is 6.01 Å². The van der Waals surface area contributed by atoms with Crippen LogP contribution in [0.1, 0.15) is 24.5 Å². The van der Waals surface area contributed by atoms with E-state index in [0.717, 1.165) is 5.69 Å². The minimum Gasteiger partial charge on any atom is -0.467 e. The number of hydrogen-bond acceptors (Lipinski definition) is 6. The number of hydrogen-bond donors (Lipinski definition) is 1. The Morgan fingerprint density at radius 1 is 1.35 bits per heavy atom. The Bertz CT molecular complexity index is 547. The van der Waals surface area contributed by atoms with Crippen molar-refractivity contribution >= 4 is 5.95 Å². The minimum absolute atomic E-state index is 0.121. The number of anilines is 1. The molecule has 0 unspecified atom stereocenters. The van der Waals surface area contributed by atoms with Crippen molar-refractivity contribution in [2.45, 2.75) is 18.8 Å². The van der Waals surface area contributed by atoms with E-state index in [4.69, 9.17) is 10.5 Å². The average Bonchev–Trinajstić information content (AvgIpc) is 3.06. The predicted molar refractivity (Wildman–Crippen MR) is 59.9 cm³/mol. The number of aromatic nitrogens is 5. The van der Waals surface area contributed by atoms with Crippen LogP contribution in [0.15, 0.2) is 12.3 Å². The van der Waals surface area contributed by atoms with Crippen molar-refractivity contribution < 1.29 is 4.74 Å². The minimum atomic E-state index is 0.121. The van der Waals surface area contributed by atoms with Crippen LogP contribution in [0.3, 0.4) is 0 Å². The van der Waals surface area contributed by atoms with E-state index in [1.54, 1.807) is 4.68 Å². The van der Waals surface area contributed by atoms with Gasteiger partial charge >= 0.3 is 6.01 Å². The van der Waals surface area contributed by atoms with E-state index >= 15 is 0 Å². The monoisotopic (exact) mass is 232 g/mol. The molecule has 0 radical (unpaired) electrons. The van der Waals surface area contributed by atoms with Gasteiger partial charge in [-0.2, -0.15) is 20.1 Å². The molecule has 2 aromatic rings. The average molecular weight is 232 g/mol. The molecule has 88 valence electrons. The Morgan fingerprint density at radius 2 is 2.18 bits per heavy atom. The van der Waals surface area contributed by atoms with Crippen LogP contribution in [0, 0.1) is 0 Å². The summed E-state index contributed by atoms with van der Waals surface area (Å²) in [7, 11) is 1.48. The van der Waals surface area contributed by atoms with Crippen LogP contribution in [0.2, 0.25) is 0 Å². The third-order valence-electron chi connectivity index (χ3n) is 2.61. The van der Waals surface area contributed by atoms with Crippen molar-refractivity contribution in [3.05, 3.63) is 18.0 Å². The Hall–Kier alpha value is -2.18. The molecule has 1 saturated carbocycles. The number of ether oxygens (including phenoxy) is 1. The Kier molecular flexibility index (Phi) is 2.17. The van der Waals surface area contributed by atoms with Gasteiger partial charge in [0.1, 0.15) is 0 Å². The Labute approximate surface area is 97.7 Å². The molecule has 1 fully saturated rings. The highest BCUT2D eigenvalue weighted by Crippen LogP contribution is 2.38. The molecule has 1 aliphatic carbocycles. The lowest BCUT2D eigenvalue weighted by Crippen LogP contribution is -2.08. The molecule has 0 bridgehead atoms.